The summed E-state index contributed by atoms with van der Waals surface area (Å²) in [6.07, 6.45) is 5.87. The molecule has 0 amide bonds. The summed E-state index contributed by atoms with van der Waals surface area (Å²) in [5.74, 6) is 0.981. The molecule has 1 aromatic carbocycles. The van der Waals surface area contributed by atoms with E-state index in [1.54, 1.807) is 6.20 Å². The molecule has 170 valence electrons. The third-order valence-electron chi connectivity index (χ3n) is 7.29. The molecule has 9 heteroatoms. The van der Waals surface area contributed by atoms with Crippen molar-refractivity contribution in [3.8, 4) is 0 Å². The number of fused-ring (bicyclic) bond motifs is 4. The minimum absolute atomic E-state index is 0.251. The minimum atomic E-state index is 0.251. The number of hydrogen-bond acceptors (Lipinski definition) is 8. The lowest BCUT2D eigenvalue weighted by atomic mass is 10.1. The fourth-order valence-corrected chi connectivity index (χ4v) is 6.04. The smallest absolute Gasteiger partial charge is 0.196 e. The first-order valence-corrected chi connectivity index (χ1v) is 12.3. The molecule has 4 aromatic heterocycles. The lowest BCUT2D eigenvalue weighted by Crippen LogP contribution is -2.24. The Morgan fingerprint density at radius 1 is 1.18 bits per heavy atom. The highest BCUT2D eigenvalue weighted by molar-refractivity contribution is 7.99. The molecular weight excluding hydrogens is 444 g/mol. The van der Waals surface area contributed by atoms with E-state index in [0.29, 0.717) is 11.2 Å². The van der Waals surface area contributed by atoms with Gasteiger partial charge >= 0.3 is 0 Å². The number of pyridine rings is 2. The lowest BCUT2D eigenvalue weighted by Gasteiger charge is -2.19. The van der Waals surface area contributed by atoms with Crippen molar-refractivity contribution in [2.24, 2.45) is 11.1 Å². The van der Waals surface area contributed by atoms with Gasteiger partial charge in [0, 0.05) is 54.3 Å². The molecule has 4 N–H and O–H groups in total. The standard InChI is InChI=1S/C25H24N8S/c1-27-17-5-2-4-15-20-22(30-21(15)17)31-24(32-23(20)33-9-7-25(13-33)11-19(25)26)34-14-10-18-16(29-12-14)6-3-8-28-18/h2-6,8,10,12,19,27H,7,9,11,13,26H2,1H3,(H,30,31,32). The summed E-state index contributed by atoms with van der Waals surface area (Å²) in [6.45, 7) is 1.91. The van der Waals surface area contributed by atoms with E-state index in [0.717, 1.165) is 75.3 Å². The Morgan fingerprint density at radius 2 is 2.09 bits per heavy atom. The highest BCUT2D eigenvalue weighted by Gasteiger charge is 2.55. The molecule has 5 heterocycles. The van der Waals surface area contributed by atoms with Gasteiger partial charge in [0.25, 0.3) is 0 Å². The number of nitrogens with zero attached hydrogens (tertiary/aromatic N) is 5. The highest BCUT2D eigenvalue weighted by atomic mass is 32.2. The molecule has 2 atom stereocenters. The number of nitrogens with two attached hydrogens (primary N) is 1. The van der Waals surface area contributed by atoms with E-state index in [-0.39, 0.29) is 5.41 Å². The zero-order valence-corrected chi connectivity index (χ0v) is 19.6. The van der Waals surface area contributed by atoms with Gasteiger partial charge in [0.15, 0.2) is 5.16 Å². The Morgan fingerprint density at radius 3 is 2.91 bits per heavy atom. The number of aromatic nitrogens is 5. The number of para-hydroxylation sites is 1. The molecule has 1 saturated carbocycles. The molecule has 8 nitrogen and oxygen atoms in total. The molecule has 1 spiro atoms. The summed E-state index contributed by atoms with van der Waals surface area (Å²) in [4.78, 5) is 26.0. The van der Waals surface area contributed by atoms with Crippen molar-refractivity contribution in [2.45, 2.75) is 28.9 Å². The molecule has 1 aliphatic heterocycles. The number of anilines is 2. The second-order valence-corrected chi connectivity index (χ2v) is 10.4. The van der Waals surface area contributed by atoms with Crippen LogP contribution in [0.3, 0.4) is 0 Å². The van der Waals surface area contributed by atoms with E-state index in [2.05, 4.69) is 43.4 Å². The number of rotatable bonds is 4. The molecule has 2 fully saturated rings. The third-order valence-corrected chi connectivity index (χ3v) is 8.11. The summed E-state index contributed by atoms with van der Waals surface area (Å²) in [7, 11) is 1.94. The minimum Gasteiger partial charge on any atom is -0.386 e. The SMILES string of the molecule is CNc1cccc2c1[nH]c1nc(Sc3cnc4cccnc4c3)nc(N3CCC4(CC4N)C3)c12. The first-order chi connectivity index (χ1) is 16.6. The maximum atomic E-state index is 6.31. The van der Waals surface area contributed by atoms with E-state index in [1.165, 1.54) is 11.8 Å². The van der Waals surface area contributed by atoms with Crippen LogP contribution >= 0.6 is 11.8 Å². The fourth-order valence-electron chi connectivity index (χ4n) is 5.28. The normalized spacial score (nSPS) is 21.8. The van der Waals surface area contributed by atoms with Gasteiger partial charge in [0.2, 0.25) is 0 Å². The van der Waals surface area contributed by atoms with Crippen molar-refractivity contribution in [3.63, 3.8) is 0 Å². The molecule has 2 aliphatic rings. The van der Waals surface area contributed by atoms with Crippen molar-refractivity contribution in [3.05, 3.63) is 48.8 Å². The first-order valence-electron chi connectivity index (χ1n) is 11.5. The van der Waals surface area contributed by atoms with Gasteiger partial charge in [0.1, 0.15) is 11.5 Å². The molecule has 34 heavy (non-hydrogen) atoms. The van der Waals surface area contributed by atoms with Crippen LogP contribution in [0.4, 0.5) is 11.5 Å². The second-order valence-electron chi connectivity index (χ2n) is 9.32. The molecule has 7 rings (SSSR count). The average Bonchev–Trinajstić information content (AvgIpc) is 3.17. The van der Waals surface area contributed by atoms with Gasteiger partial charge in [-0.2, -0.15) is 0 Å². The Bertz CT molecular complexity index is 1580. The summed E-state index contributed by atoms with van der Waals surface area (Å²) >= 11 is 1.51. The Balaban J connectivity index is 1.37. The van der Waals surface area contributed by atoms with Gasteiger partial charge in [-0.25, -0.2) is 9.97 Å². The molecule has 1 saturated heterocycles. The van der Waals surface area contributed by atoms with Crippen molar-refractivity contribution < 1.29 is 0 Å². The number of H-pyrrole nitrogens is 1. The van der Waals surface area contributed by atoms with Gasteiger partial charge in [-0.1, -0.05) is 12.1 Å². The van der Waals surface area contributed by atoms with Crippen LogP contribution in [0, 0.1) is 5.41 Å². The van der Waals surface area contributed by atoms with Gasteiger partial charge < -0.3 is 20.9 Å². The molecule has 1 aliphatic carbocycles. The average molecular weight is 469 g/mol. The van der Waals surface area contributed by atoms with E-state index in [1.807, 2.05) is 31.4 Å². The van der Waals surface area contributed by atoms with E-state index in [9.17, 15) is 0 Å². The summed E-state index contributed by atoms with van der Waals surface area (Å²) < 4.78 is 0. The molecule has 0 radical (unpaired) electrons. The van der Waals surface area contributed by atoms with Gasteiger partial charge in [-0.15, -0.1) is 0 Å². The van der Waals surface area contributed by atoms with Crippen LogP contribution in [0.2, 0.25) is 0 Å². The monoisotopic (exact) mass is 468 g/mol. The van der Waals surface area contributed by atoms with Crippen molar-refractivity contribution in [2.75, 3.05) is 30.4 Å². The Hall–Kier alpha value is -3.43. The van der Waals surface area contributed by atoms with Crippen LogP contribution in [0.5, 0.6) is 0 Å². The maximum Gasteiger partial charge on any atom is 0.196 e. The second kappa shape index (κ2) is 7.28. The predicted molar refractivity (Wildman–Crippen MR) is 136 cm³/mol. The summed E-state index contributed by atoms with van der Waals surface area (Å²) in [5.41, 5.74) is 11.2. The van der Waals surface area contributed by atoms with E-state index in [4.69, 9.17) is 15.7 Å². The molecule has 0 bridgehead atoms. The molecule has 5 aromatic rings. The maximum absolute atomic E-state index is 6.31. The van der Waals surface area contributed by atoms with Crippen LogP contribution in [0.25, 0.3) is 33.0 Å². The van der Waals surface area contributed by atoms with Crippen LogP contribution in [-0.4, -0.2) is 51.1 Å². The van der Waals surface area contributed by atoms with Gasteiger partial charge in [0.05, 0.1) is 27.6 Å². The van der Waals surface area contributed by atoms with Crippen LogP contribution in [0.1, 0.15) is 12.8 Å². The Labute approximate surface area is 200 Å². The number of benzene rings is 1. The third kappa shape index (κ3) is 3.04. The zero-order chi connectivity index (χ0) is 22.9. The van der Waals surface area contributed by atoms with Crippen molar-refractivity contribution in [1.82, 2.24) is 24.9 Å². The fraction of sp³-hybridized carbons (Fsp3) is 0.280. The van der Waals surface area contributed by atoms with Crippen molar-refractivity contribution in [1.29, 1.82) is 0 Å². The van der Waals surface area contributed by atoms with E-state index < -0.39 is 0 Å². The Kier molecular flexibility index (Phi) is 4.28. The molecule has 2 unspecified atom stereocenters. The van der Waals surface area contributed by atoms with Gasteiger partial charge in [-0.3, -0.25) is 9.97 Å². The quantitative estimate of drug-likeness (QED) is 0.337. The number of aromatic amines is 1. The number of nitrogens with one attached hydrogen (secondary N) is 2. The number of hydrogen-bond donors (Lipinski definition) is 3. The van der Waals surface area contributed by atoms with Crippen molar-refractivity contribution >= 4 is 56.2 Å². The topological polar surface area (TPSA) is 109 Å². The lowest BCUT2D eigenvalue weighted by molar-refractivity contribution is 0.553. The largest absolute Gasteiger partial charge is 0.386 e. The summed E-state index contributed by atoms with van der Waals surface area (Å²) in [6, 6.07) is 12.5. The zero-order valence-electron chi connectivity index (χ0n) is 18.7. The molecular formula is C25H24N8S. The predicted octanol–water partition coefficient (Wildman–Crippen LogP) is 4.17. The highest BCUT2D eigenvalue weighted by Crippen LogP contribution is 2.53. The van der Waals surface area contributed by atoms with Crippen LogP contribution < -0.4 is 16.0 Å². The van der Waals surface area contributed by atoms with Crippen LogP contribution in [0.15, 0.2) is 58.8 Å². The summed E-state index contributed by atoms with van der Waals surface area (Å²) in [5, 5.41) is 6.18. The van der Waals surface area contributed by atoms with E-state index >= 15 is 0 Å². The first kappa shape index (κ1) is 20.0. The van der Waals surface area contributed by atoms with Crippen LogP contribution in [-0.2, 0) is 0 Å². The van der Waals surface area contributed by atoms with Gasteiger partial charge in [-0.05, 0) is 48.9 Å².